The Morgan fingerprint density at radius 1 is 1.24 bits per heavy atom. The number of thiophene rings is 1. The van der Waals surface area contributed by atoms with E-state index in [1.807, 2.05) is 0 Å². The van der Waals surface area contributed by atoms with Crippen LogP contribution >= 0.6 is 35.2 Å². The van der Waals surface area contributed by atoms with E-state index >= 15 is 0 Å². The number of nitrogens with two attached hydrogens (primary N) is 1. The van der Waals surface area contributed by atoms with Gasteiger partial charge in [0, 0.05) is 17.0 Å². The Labute approximate surface area is 138 Å². The third-order valence-electron chi connectivity index (χ3n) is 2.69. The molecule has 0 spiro atoms. The molecule has 0 amide bonds. The third kappa shape index (κ3) is 5.05. The lowest BCUT2D eigenvalue weighted by atomic mass is 10.1. The molecule has 0 radical (unpaired) electrons. The maximum absolute atomic E-state index is 12.0. The van der Waals surface area contributed by atoms with E-state index in [0.717, 1.165) is 4.88 Å². The molecule has 0 unspecified atom stereocenters. The Balaban J connectivity index is 1.98. The van der Waals surface area contributed by atoms with E-state index in [1.54, 1.807) is 36.4 Å². The Morgan fingerprint density at radius 3 is 2.43 bits per heavy atom. The Morgan fingerprint density at radius 2 is 1.90 bits per heavy atom. The van der Waals surface area contributed by atoms with Gasteiger partial charge < -0.3 is 5.73 Å². The molecule has 3 N–H and O–H groups in total. The number of halogens is 1. The van der Waals surface area contributed by atoms with Gasteiger partial charge in [0.25, 0.3) is 0 Å². The van der Waals surface area contributed by atoms with Gasteiger partial charge in [0.2, 0.25) is 10.0 Å². The quantitative estimate of drug-likeness (QED) is 0.777. The minimum Gasteiger partial charge on any atom is -0.389 e. The van der Waals surface area contributed by atoms with Crippen molar-refractivity contribution in [3.8, 4) is 0 Å². The maximum atomic E-state index is 12.0. The molecule has 0 atom stereocenters. The second-order valence-electron chi connectivity index (χ2n) is 4.35. The molecule has 0 aliphatic heterocycles. The Hall–Kier alpha value is -0.990. The molecule has 0 bridgehead atoms. The summed E-state index contributed by atoms with van der Waals surface area (Å²) in [6, 6.07) is 10.4. The van der Waals surface area contributed by atoms with Crippen molar-refractivity contribution in [3.63, 3.8) is 0 Å². The third-order valence-corrected chi connectivity index (χ3v) is 5.45. The summed E-state index contributed by atoms with van der Waals surface area (Å²) < 4.78 is 27.2. The summed E-state index contributed by atoms with van der Waals surface area (Å²) in [6.07, 6.45) is 0. The van der Waals surface area contributed by atoms with Gasteiger partial charge in [0.1, 0.15) is 4.99 Å². The summed E-state index contributed by atoms with van der Waals surface area (Å²) in [7, 11) is -3.41. The van der Waals surface area contributed by atoms with Crippen LogP contribution in [0, 0.1) is 0 Å². The second-order valence-corrected chi connectivity index (χ2v) is 8.39. The zero-order valence-electron chi connectivity index (χ0n) is 10.9. The lowest BCUT2D eigenvalue weighted by Gasteiger charge is -2.06. The monoisotopic (exact) mass is 360 g/mol. The van der Waals surface area contributed by atoms with E-state index in [9.17, 15) is 8.42 Å². The maximum Gasteiger partial charge on any atom is 0.216 e. The van der Waals surface area contributed by atoms with Crippen molar-refractivity contribution in [3.05, 3.63) is 56.7 Å². The SMILES string of the molecule is NC(=S)c1ccc(CS(=O)(=O)NCc2ccc(Cl)s2)cc1. The predicted octanol–water partition coefficient (Wildman–Crippen LogP) is 2.66. The molecule has 0 saturated heterocycles. The van der Waals surface area contributed by atoms with E-state index in [0.29, 0.717) is 15.5 Å². The molecule has 0 aliphatic rings. The van der Waals surface area contributed by atoms with Crippen molar-refractivity contribution in [2.24, 2.45) is 5.73 Å². The molecule has 1 aromatic heterocycles. The first-order chi connectivity index (χ1) is 9.85. The van der Waals surface area contributed by atoms with Gasteiger partial charge in [-0.25, -0.2) is 13.1 Å². The molecule has 0 aliphatic carbocycles. The van der Waals surface area contributed by atoms with Crippen molar-refractivity contribution in [1.29, 1.82) is 0 Å². The van der Waals surface area contributed by atoms with Gasteiger partial charge in [-0.1, -0.05) is 48.1 Å². The van der Waals surface area contributed by atoms with Crippen molar-refractivity contribution in [1.82, 2.24) is 4.72 Å². The van der Waals surface area contributed by atoms with Gasteiger partial charge >= 0.3 is 0 Å². The van der Waals surface area contributed by atoms with Crippen LogP contribution in [0.4, 0.5) is 0 Å². The lowest BCUT2D eigenvalue weighted by Crippen LogP contribution is -2.24. The number of hydrogen-bond donors (Lipinski definition) is 2. The first kappa shape index (κ1) is 16.4. The van der Waals surface area contributed by atoms with Gasteiger partial charge in [-0.3, -0.25) is 0 Å². The number of hydrogen-bond acceptors (Lipinski definition) is 4. The van der Waals surface area contributed by atoms with Gasteiger partial charge in [0.15, 0.2) is 0 Å². The number of nitrogens with one attached hydrogen (secondary N) is 1. The average Bonchev–Trinajstić information content (AvgIpc) is 2.83. The van der Waals surface area contributed by atoms with Crippen LogP contribution in [0.5, 0.6) is 0 Å². The number of thiocarbonyl (C=S) groups is 1. The Bertz CT molecular complexity index is 739. The normalized spacial score (nSPS) is 11.5. The summed E-state index contributed by atoms with van der Waals surface area (Å²) in [5, 5.41) is 0. The van der Waals surface area contributed by atoms with E-state index < -0.39 is 10.0 Å². The van der Waals surface area contributed by atoms with E-state index in [2.05, 4.69) is 4.72 Å². The first-order valence-electron chi connectivity index (χ1n) is 5.96. The van der Waals surface area contributed by atoms with E-state index in [1.165, 1.54) is 11.3 Å². The standard InChI is InChI=1S/C13H13ClN2O2S3/c14-12-6-5-11(20-12)7-16-21(17,18)8-9-1-3-10(4-2-9)13(15)19/h1-6,16H,7-8H2,(H2,15,19). The zero-order chi connectivity index (χ0) is 15.5. The second kappa shape index (κ2) is 6.85. The number of sulfonamides is 1. The fourth-order valence-electron chi connectivity index (χ4n) is 1.66. The highest BCUT2D eigenvalue weighted by molar-refractivity contribution is 7.88. The molecule has 2 rings (SSSR count). The summed E-state index contributed by atoms with van der Waals surface area (Å²) >= 11 is 12.0. The fraction of sp³-hybridized carbons (Fsp3) is 0.154. The largest absolute Gasteiger partial charge is 0.389 e. The topological polar surface area (TPSA) is 72.2 Å². The van der Waals surface area contributed by atoms with Crippen LogP contribution in [0.25, 0.3) is 0 Å². The molecule has 2 aromatic rings. The van der Waals surface area contributed by atoms with Crippen molar-refractivity contribution >= 4 is 50.2 Å². The molecule has 21 heavy (non-hydrogen) atoms. The smallest absolute Gasteiger partial charge is 0.216 e. The molecule has 1 heterocycles. The van der Waals surface area contributed by atoms with E-state index in [4.69, 9.17) is 29.6 Å². The summed E-state index contributed by atoms with van der Waals surface area (Å²) in [5.41, 5.74) is 6.88. The lowest BCUT2D eigenvalue weighted by molar-refractivity contribution is 0.581. The minimum absolute atomic E-state index is 0.0935. The molecule has 4 nitrogen and oxygen atoms in total. The van der Waals surface area contributed by atoms with Gasteiger partial charge in [-0.2, -0.15) is 0 Å². The highest BCUT2D eigenvalue weighted by atomic mass is 35.5. The molecule has 1 aromatic carbocycles. The highest BCUT2D eigenvalue weighted by Crippen LogP contribution is 2.21. The van der Waals surface area contributed by atoms with Crippen LogP contribution in [-0.2, 0) is 22.3 Å². The van der Waals surface area contributed by atoms with Crippen LogP contribution in [0.1, 0.15) is 16.0 Å². The highest BCUT2D eigenvalue weighted by Gasteiger charge is 2.12. The number of benzene rings is 1. The first-order valence-corrected chi connectivity index (χ1v) is 9.21. The summed E-state index contributed by atoms with van der Waals surface area (Å²) in [4.78, 5) is 1.16. The summed E-state index contributed by atoms with van der Waals surface area (Å²) in [6.45, 7) is 0.241. The average molecular weight is 361 g/mol. The molecule has 0 fully saturated rings. The van der Waals surface area contributed by atoms with Crippen molar-refractivity contribution in [2.75, 3.05) is 0 Å². The van der Waals surface area contributed by atoms with Crippen LogP contribution in [0.2, 0.25) is 4.34 Å². The predicted molar refractivity (Wildman–Crippen MR) is 91.1 cm³/mol. The molecular formula is C13H13ClN2O2S3. The molecular weight excluding hydrogens is 348 g/mol. The fourth-order valence-corrected chi connectivity index (χ4v) is 4.03. The van der Waals surface area contributed by atoms with E-state index in [-0.39, 0.29) is 17.3 Å². The van der Waals surface area contributed by atoms with Crippen LogP contribution in [0.3, 0.4) is 0 Å². The minimum atomic E-state index is -3.41. The molecule has 0 saturated carbocycles. The van der Waals surface area contributed by atoms with Crippen LogP contribution < -0.4 is 10.5 Å². The molecule has 112 valence electrons. The van der Waals surface area contributed by atoms with Gasteiger partial charge in [0.05, 0.1) is 10.1 Å². The Kier molecular flexibility index (Phi) is 5.34. The van der Waals surface area contributed by atoms with Crippen LogP contribution in [-0.4, -0.2) is 13.4 Å². The van der Waals surface area contributed by atoms with Crippen molar-refractivity contribution < 1.29 is 8.42 Å². The van der Waals surface area contributed by atoms with Gasteiger partial charge in [-0.15, -0.1) is 11.3 Å². The molecule has 8 heteroatoms. The van der Waals surface area contributed by atoms with Gasteiger partial charge in [-0.05, 0) is 17.7 Å². The zero-order valence-corrected chi connectivity index (χ0v) is 14.1. The number of rotatable bonds is 6. The van der Waals surface area contributed by atoms with Crippen LogP contribution in [0.15, 0.2) is 36.4 Å². The van der Waals surface area contributed by atoms with Crippen molar-refractivity contribution in [2.45, 2.75) is 12.3 Å². The summed E-state index contributed by atoms with van der Waals surface area (Å²) in [5.74, 6) is -0.0935.